The largest absolute Gasteiger partial charge is 0.306 e. The Labute approximate surface area is 121 Å². The quantitative estimate of drug-likeness (QED) is 0.676. The van der Waals surface area contributed by atoms with E-state index < -0.39 is 4.92 Å². The number of aromatic nitrogens is 1. The molecule has 1 aromatic carbocycles. The van der Waals surface area contributed by atoms with E-state index in [4.69, 9.17) is 11.6 Å². The van der Waals surface area contributed by atoms with Gasteiger partial charge in [0.25, 0.3) is 5.69 Å². The Hall–Kier alpha value is -1.98. The first kappa shape index (κ1) is 14.4. The number of nitrogens with zero attached hydrogens (tertiary/aromatic N) is 2. The zero-order valence-corrected chi connectivity index (χ0v) is 11.7. The van der Waals surface area contributed by atoms with Crippen molar-refractivity contribution in [2.75, 3.05) is 0 Å². The third-order valence-electron chi connectivity index (χ3n) is 3.04. The summed E-state index contributed by atoms with van der Waals surface area (Å²) in [5, 5.41) is 14.6. The van der Waals surface area contributed by atoms with E-state index >= 15 is 0 Å². The van der Waals surface area contributed by atoms with Crippen molar-refractivity contribution in [3.8, 4) is 0 Å². The second kappa shape index (κ2) is 6.45. The van der Waals surface area contributed by atoms with Gasteiger partial charge in [0.1, 0.15) is 0 Å². The maximum absolute atomic E-state index is 10.8. The Morgan fingerprint density at radius 1 is 1.35 bits per heavy atom. The molecule has 0 aliphatic rings. The molecule has 0 amide bonds. The fourth-order valence-electron chi connectivity index (χ4n) is 1.84. The number of non-ortho nitro benzene ring substituents is 1. The van der Waals surface area contributed by atoms with Gasteiger partial charge in [0.15, 0.2) is 0 Å². The van der Waals surface area contributed by atoms with Gasteiger partial charge in [-0.2, -0.15) is 0 Å². The van der Waals surface area contributed by atoms with Crippen molar-refractivity contribution in [2.24, 2.45) is 0 Å². The number of hydrogen-bond donors (Lipinski definition) is 1. The molecule has 1 unspecified atom stereocenters. The zero-order chi connectivity index (χ0) is 14.5. The van der Waals surface area contributed by atoms with Crippen LogP contribution in [0.2, 0.25) is 5.02 Å². The minimum absolute atomic E-state index is 0.0442. The van der Waals surface area contributed by atoms with Crippen molar-refractivity contribution in [1.29, 1.82) is 0 Å². The van der Waals surface area contributed by atoms with E-state index in [0.29, 0.717) is 17.1 Å². The molecular formula is C14H14ClN3O2. The second-order valence-electron chi connectivity index (χ2n) is 4.42. The molecule has 1 atom stereocenters. The molecule has 20 heavy (non-hydrogen) atoms. The molecule has 6 heteroatoms. The van der Waals surface area contributed by atoms with Crippen molar-refractivity contribution < 1.29 is 4.92 Å². The monoisotopic (exact) mass is 291 g/mol. The lowest BCUT2D eigenvalue weighted by atomic mass is 10.1. The zero-order valence-electron chi connectivity index (χ0n) is 10.9. The Kier molecular flexibility index (Phi) is 4.65. The van der Waals surface area contributed by atoms with E-state index in [2.05, 4.69) is 10.3 Å². The third-order valence-corrected chi connectivity index (χ3v) is 3.41. The number of nitro groups is 1. The minimum atomic E-state index is -0.424. The first-order valence-corrected chi connectivity index (χ1v) is 6.52. The van der Waals surface area contributed by atoms with E-state index in [1.807, 2.05) is 19.1 Å². The molecule has 104 valence electrons. The maximum Gasteiger partial charge on any atom is 0.269 e. The molecule has 0 aliphatic heterocycles. The number of halogens is 1. The van der Waals surface area contributed by atoms with Crippen LogP contribution in [0.4, 0.5) is 5.69 Å². The highest BCUT2D eigenvalue weighted by molar-refractivity contribution is 6.31. The molecular weight excluding hydrogens is 278 g/mol. The van der Waals surface area contributed by atoms with Gasteiger partial charge in [0, 0.05) is 42.1 Å². The molecule has 0 spiro atoms. The minimum Gasteiger partial charge on any atom is -0.306 e. The van der Waals surface area contributed by atoms with Crippen molar-refractivity contribution >= 4 is 17.3 Å². The summed E-state index contributed by atoms with van der Waals surface area (Å²) in [5.41, 5.74) is 1.85. The van der Waals surface area contributed by atoms with Crippen LogP contribution in [0.3, 0.4) is 0 Å². The Bertz CT molecular complexity index is 605. The third kappa shape index (κ3) is 3.53. The summed E-state index contributed by atoms with van der Waals surface area (Å²) in [6, 6.07) is 8.40. The van der Waals surface area contributed by atoms with Gasteiger partial charge in [0.2, 0.25) is 0 Å². The van der Waals surface area contributed by atoms with Crippen LogP contribution in [0.15, 0.2) is 42.7 Å². The molecule has 2 rings (SSSR count). The lowest BCUT2D eigenvalue weighted by Gasteiger charge is -2.14. The van der Waals surface area contributed by atoms with Crippen LogP contribution in [0, 0.1) is 10.1 Å². The van der Waals surface area contributed by atoms with E-state index in [-0.39, 0.29) is 11.7 Å². The molecule has 0 aliphatic carbocycles. The predicted octanol–water partition coefficient (Wildman–Crippen LogP) is 3.49. The lowest BCUT2D eigenvalue weighted by Crippen LogP contribution is -2.18. The summed E-state index contributed by atoms with van der Waals surface area (Å²) in [4.78, 5) is 14.3. The van der Waals surface area contributed by atoms with E-state index in [1.165, 1.54) is 12.1 Å². The van der Waals surface area contributed by atoms with Crippen molar-refractivity contribution in [2.45, 2.75) is 19.5 Å². The molecule has 2 aromatic rings. The predicted molar refractivity (Wildman–Crippen MR) is 77.6 cm³/mol. The van der Waals surface area contributed by atoms with Crippen LogP contribution < -0.4 is 5.32 Å². The fourth-order valence-corrected chi connectivity index (χ4v) is 2.03. The van der Waals surface area contributed by atoms with Crippen molar-refractivity contribution in [3.63, 3.8) is 0 Å². The Morgan fingerprint density at radius 2 is 2.05 bits per heavy atom. The van der Waals surface area contributed by atoms with Crippen molar-refractivity contribution in [3.05, 3.63) is 69.0 Å². The number of nitro benzene ring substituents is 1. The normalized spacial score (nSPS) is 12.1. The van der Waals surface area contributed by atoms with Gasteiger partial charge in [-0.05, 0) is 36.2 Å². The average Bonchev–Trinajstić information content (AvgIpc) is 2.46. The molecule has 5 nitrogen and oxygen atoms in total. The first-order valence-electron chi connectivity index (χ1n) is 6.14. The second-order valence-corrected chi connectivity index (χ2v) is 4.82. The molecule has 0 radical (unpaired) electrons. The van der Waals surface area contributed by atoms with Gasteiger partial charge in [0.05, 0.1) is 4.92 Å². The summed E-state index contributed by atoms with van der Waals surface area (Å²) in [6.07, 6.45) is 3.46. The van der Waals surface area contributed by atoms with Gasteiger partial charge < -0.3 is 5.32 Å². The summed E-state index contributed by atoms with van der Waals surface area (Å²) < 4.78 is 0. The topological polar surface area (TPSA) is 68.1 Å². The molecule has 0 saturated carbocycles. The van der Waals surface area contributed by atoms with Crippen LogP contribution in [0.5, 0.6) is 0 Å². The number of pyridine rings is 1. The Morgan fingerprint density at radius 3 is 2.70 bits per heavy atom. The molecule has 0 saturated heterocycles. The lowest BCUT2D eigenvalue weighted by molar-refractivity contribution is -0.384. The molecule has 1 heterocycles. The standard InChI is InChI=1S/C14H14ClN3O2/c1-10(11-4-6-16-7-5-11)17-9-12-8-13(18(19)20)2-3-14(12)15/h2-8,10,17H,9H2,1H3. The van der Waals surface area contributed by atoms with Gasteiger partial charge in [-0.15, -0.1) is 0 Å². The number of hydrogen-bond acceptors (Lipinski definition) is 4. The molecule has 0 fully saturated rings. The van der Waals surface area contributed by atoms with E-state index in [1.54, 1.807) is 18.5 Å². The maximum atomic E-state index is 10.8. The van der Waals surface area contributed by atoms with Gasteiger partial charge in [-0.25, -0.2) is 0 Å². The van der Waals surface area contributed by atoms with Crippen molar-refractivity contribution in [1.82, 2.24) is 10.3 Å². The van der Waals surface area contributed by atoms with Gasteiger partial charge >= 0.3 is 0 Å². The molecule has 1 N–H and O–H groups in total. The SMILES string of the molecule is CC(NCc1cc([N+](=O)[O-])ccc1Cl)c1ccncc1. The number of benzene rings is 1. The Balaban J connectivity index is 2.07. The molecule has 0 bridgehead atoms. The number of rotatable bonds is 5. The fraction of sp³-hybridized carbons (Fsp3) is 0.214. The van der Waals surface area contributed by atoms with Gasteiger partial charge in [-0.3, -0.25) is 15.1 Å². The summed E-state index contributed by atoms with van der Waals surface area (Å²) in [5.74, 6) is 0. The van der Waals surface area contributed by atoms with Gasteiger partial charge in [-0.1, -0.05) is 11.6 Å². The highest BCUT2D eigenvalue weighted by Gasteiger charge is 2.11. The van der Waals surface area contributed by atoms with E-state index in [0.717, 1.165) is 5.56 Å². The highest BCUT2D eigenvalue weighted by Crippen LogP contribution is 2.22. The smallest absolute Gasteiger partial charge is 0.269 e. The summed E-state index contributed by atoms with van der Waals surface area (Å²) in [7, 11) is 0. The van der Waals surface area contributed by atoms with E-state index in [9.17, 15) is 10.1 Å². The molecule has 1 aromatic heterocycles. The summed E-state index contributed by atoms with van der Waals surface area (Å²) in [6.45, 7) is 2.48. The van der Waals surface area contributed by atoms with Crippen LogP contribution >= 0.6 is 11.6 Å². The van der Waals surface area contributed by atoms with Crippen LogP contribution in [0.1, 0.15) is 24.1 Å². The summed E-state index contributed by atoms with van der Waals surface area (Å²) >= 11 is 6.06. The highest BCUT2D eigenvalue weighted by atomic mass is 35.5. The number of nitrogens with one attached hydrogen (secondary N) is 1. The van der Waals surface area contributed by atoms with Crippen LogP contribution in [-0.2, 0) is 6.54 Å². The first-order chi connectivity index (χ1) is 9.58. The van der Waals surface area contributed by atoms with Crippen LogP contribution in [-0.4, -0.2) is 9.91 Å². The van der Waals surface area contributed by atoms with Crippen LogP contribution in [0.25, 0.3) is 0 Å². The average molecular weight is 292 g/mol.